The van der Waals surface area contributed by atoms with Gasteiger partial charge in [-0.2, -0.15) is 0 Å². The molecule has 15 heavy (non-hydrogen) atoms. The van der Waals surface area contributed by atoms with Gasteiger partial charge in [-0.25, -0.2) is 0 Å². The molecule has 0 radical (unpaired) electrons. The Morgan fingerprint density at radius 2 is 1.93 bits per heavy atom. The van der Waals surface area contributed by atoms with E-state index < -0.39 is 0 Å². The van der Waals surface area contributed by atoms with Crippen LogP contribution in [0.15, 0.2) is 0 Å². The van der Waals surface area contributed by atoms with Crippen molar-refractivity contribution in [2.45, 2.75) is 46.5 Å². The molecule has 2 rings (SSSR count). The van der Waals surface area contributed by atoms with Crippen LogP contribution in [0.4, 0.5) is 0 Å². The summed E-state index contributed by atoms with van der Waals surface area (Å²) in [6.07, 6.45) is 4.90. The van der Waals surface area contributed by atoms with E-state index in [4.69, 9.17) is 0 Å². The van der Waals surface area contributed by atoms with Crippen molar-refractivity contribution >= 4 is 5.91 Å². The Hall–Kier alpha value is -0.530. The third-order valence-electron chi connectivity index (χ3n) is 4.04. The highest BCUT2D eigenvalue weighted by Gasteiger charge is 2.38. The molecule has 0 aromatic carbocycles. The molecule has 86 valence electrons. The van der Waals surface area contributed by atoms with E-state index in [2.05, 4.69) is 25.7 Å². The van der Waals surface area contributed by atoms with Crippen LogP contribution in [-0.4, -0.2) is 23.9 Å². The van der Waals surface area contributed by atoms with Crippen LogP contribution in [0.25, 0.3) is 0 Å². The third kappa shape index (κ3) is 2.19. The molecule has 0 spiro atoms. The molecule has 0 aromatic rings. The standard InChI is InChI=1S/C13H23NO/c1-13(2,3)11-7-6-10-5-4-8-14(9-10)12(11)15/h10-11H,4-9H2,1-3H3. The van der Waals surface area contributed by atoms with Gasteiger partial charge in [-0.05, 0) is 37.0 Å². The fourth-order valence-electron chi connectivity index (χ4n) is 3.05. The minimum atomic E-state index is 0.133. The minimum Gasteiger partial charge on any atom is -0.342 e. The monoisotopic (exact) mass is 209 g/mol. The van der Waals surface area contributed by atoms with E-state index in [-0.39, 0.29) is 11.3 Å². The van der Waals surface area contributed by atoms with Gasteiger partial charge in [0.15, 0.2) is 0 Å². The van der Waals surface area contributed by atoms with Crippen LogP contribution >= 0.6 is 0 Å². The topological polar surface area (TPSA) is 20.3 Å². The number of fused-ring (bicyclic) bond motifs is 2. The Balaban J connectivity index is 2.17. The lowest BCUT2D eigenvalue weighted by Gasteiger charge is -2.34. The highest BCUT2D eigenvalue weighted by Crippen LogP contribution is 2.37. The van der Waals surface area contributed by atoms with Gasteiger partial charge in [0.25, 0.3) is 0 Å². The molecule has 2 bridgehead atoms. The number of rotatable bonds is 0. The second-order valence-electron chi connectivity index (χ2n) is 6.29. The molecule has 2 aliphatic heterocycles. The van der Waals surface area contributed by atoms with Gasteiger partial charge in [-0.1, -0.05) is 20.8 Å². The van der Waals surface area contributed by atoms with Crippen LogP contribution in [-0.2, 0) is 4.79 Å². The summed E-state index contributed by atoms with van der Waals surface area (Å²) in [7, 11) is 0. The van der Waals surface area contributed by atoms with E-state index in [1.165, 1.54) is 19.3 Å². The second-order valence-corrected chi connectivity index (χ2v) is 6.29. The van der Waals surface area contributed by atoms with Gasteiger partial charge < -0.3 is 4.90 Å². The van der Waals surface area contributed by atoms with Gasteiger partial charge in [-0.15, -0.1) is 0 Å². The van der Waals surface area contributed by atoms with Crippen molar-refractivity contribution in [1.82, 2.24) is 4.90 Å². The molecule has 2 heteroatoms. The smallest absolute Gasteiger partial charge is 0.226 e. The lowest BCUT2D eigenvalue weighted by atomic mass is 9.77. The van der Waals surface area contributed by atoms with Crippen molar-refractivity contribution < 1.29 is 4.79 Å². The Bertz CT molecular complexity index is 254. The van der Waals surface area contributed by atoms with Crippen LogP contribution in [0.1, 0.15) is 46.5 Å². The third-order valence-corrected chi connectivity index (χ3v) is 4.04. The number of piperidine rings is 1. The van der Waals surface area contributed by atoms with Crippen molar-refractivity contribution in [2.24, 2.45) is 17.3 Å². The summed E-state index contributed by atoms with van der Waals surface area (Å²) >= 11 is 0. The molecule has 0 saturated carbocycles. The average Bonchev–Trinajstić information content (AvgIpc) is 2.25. The fourth-order valence-corrected chi connectivity index (χ4v) is 3.05. The maximum Gasteiger partial charge on any atom is 0.226 e. The maximum atomic E-state index is 12.3. The molecule has 2 atom stereocenters. The summed E-state index contributed by atoms with van der Waals surface area (Å²) in [6, 6.07) is 0. The molecule has 2 heterocycles. The summed E-state index contributed by atoms with van der Waals surface area (Å²) in [6.45, 7) is 8.64. The first-order chi connectivity index (χ1) is 6.98. The predicted molar refractivity (Wildman–Crippen MR) is 61.5 cm³/mol. The van der Waals surface area contributed by atoms with Crippen LogP contribution < -0.4 is 0 Å². The molecular formula is C13H23NO. The lowest BCUT2D eigenvalue weighted by Crippen LogP contribution is -2.43. The van der Waals surface area contributed by atoms with Crippen molar-refractivity contribution in [1.29, 1.82) is 0 Å². The molecule has 2 nitrogen and oxygen atoms in total. The molecule has 0 aliphatic carbocycles. The number of amides is 1. The zero-order valence-electron chi connectivity index (χ0n) is 10.3. The summed E-state index contributed by atoms with van der Waals surface area (Å²) in [4.78, 5) is 14.5. The normalized spacial score (nSPS) is 32.7. The second kappa shape index (κ2) is 3.80. The van der Waals surface area contributed by atoms with Crippen LogP contribution in [0.2, 0.25) is 0 Å². The predicted octanol–water partition coefficient (Wildman–Crippen LogP) is 2.68. The molecule has 0 N–H and O–H groups in total. The summed E-state index contributed by atoms with van der Waals surface area (Å²) in [5.74, 6) is 1.46. The van der Waals surface area contributed by atoms with Crippen molar-refractivity contribution in [3.05, 3.63) is 0 Å². The van der Waals surface area contributed by atoms with Gasteiger partial charge in [0.05, 0.1) is 0 Å². The number of hydrogen-bond donors (Lipinski definition) is 0. The Kier molecular flexibility index (Phi) is 2.78. The minimum absolute atomic E-state index is 0.133. The summed E-state index contributed by atoms with van der Waals surface area (Å²) < 4.78 is 0. The Morgan fingerprint density at radius 3 is 2.60 bits per heavy atom. The van der Waals surface area contributed by atoms with Gasteiger partial charge in [0.2, 0.25) is 5.91 Å². The molecule has 1 amide bonds. The molecule has 0 aromatic heterocycles. The summed E-state index contributed by atoms with van der Waals surface area (Å²) in [5.41, 5.74) is 0.133. The number of hydrogen-bond acceptors (Lipinski definition) is 1. The summed E-state index contributed by atoms with van der Waals surface area (Å²) in [5, 5.41) is 0. The van der Waals surface area contributed by atoms with Crippen LogP contribution in [0.3, 0.4) is 0 Å². The zero-order chi connectivity index (χ0) is 11.1. The highest BCUT2D eigenvalue weighted by atomic mass is 16.2. The van der Waals surface area contributed by atoms with Crippen molar-refractivity contribution in [3.63, 3.8) is 0 Å². The number of carbonyl (C=O) groups excluding carboxylic acids is 1. The van der Waals surface area contributed by atoms with Crippen LogP contribution in [0, 0.1) is 17.3 Å². The maximum absolute atomic E-state index is 12.3. The van der Waals surface area contributed by atoms with Crippen LogP contribution in [0.5, 0.6) is 0 Å². The number of nitrogens with zero attached hydrogens (tertiary/aromatic N) is 1. The van der Waals surface area contributed by atoms with E-state index >= 15 is 0 Å². The number of carbonyl (C=O) groups is 1. The average molecular weight is 209 g/mol. The van der Waals surface area contributed by atoms with Gasteiger partial charge in [-0.3, -0.25) is 4.79 Å². The molecule has 2 aliphatic rings. The van der Waals surface area contributed by atoms with E-state index in [1.54, 1.807) is 0 Å². The van der Waals surface area contributed by atoms with E-state index in [0.29, 0.717) is 5.91 Å². The highest BCUT2D eigenvalue weighted by molar-refractivity contribution is 5.80. The first-order valence-electron chi connectivity index (χ1n) is 6.27. The first-order valence-corrected chi connectivity index (χ1v) is 6.27. The lowest BCUT2D eigenvalue weighted by molar-refractivity contribution is -0.139. The van der Waals surface area contributed by atoms with Crippen molar-refractivity contribution in [2.75, 3.05) is 13.1 Å². The SMILES string of the molecule is CC(C)(C)C1CCC2CCCN(C2)C1=O. The molecular weight excluding hydrogens is 186 g/mol. The largest absolute Gasteiger partial charge is 0.342 e. The molecule has 2 saturated heterocycles. The Labute approximate surface area is 93.0 Å². The van der Waals surface area contributed by atoms with E-state index in [9.17, 15) is 4.79 Å². The quantitative estimate of drug-likeness (QED) is 0.600. The fraction of sp³-hybridized carbons (Fsp3) is 0.923. The van der Waals surface area contributed by atoms with Gasteiger partial charge >= 0.3 is 0 Å². The van der Waals surface area contributed by atoms with E-state index in [1.807, 2.05) is 0 Å². The molecule has 2 fully saturated rings. The van der Waals surface area contributed by atoms with Gasteiger partial charge in [0.1, 0.15) is 0 Å². The zero-order valence-corrected chi connectivity index (χ0v) is 10.3. The van der Waals surface area contributed by atoms with Gasteiger partial charge in [0, 0.05) is 19.0 Å². The molecule has 2 unspecified atom stereocenters. The Morgan fingerprint density at radius 1 is 1.20 bits per heavy atom. The van der Waals surface area contributed by atoms with E-state index in [0.717, 1.165) is 25.4 Å². The van der Waals surface area contributed by atoms with Crippen molar-refractivity contribution in [3.8, 4) is 0 Å². The first kappa shape index (κ1) is 11.0.